The van der Waals surface area contributed by atoms with Crippen molar-refractivity contribution < 1.29 is 4.79 Å². The first-order chi connectivity index (χ1) is 10.7. The molecule has 3 heterocycles. The number of rotatable bonds is 4. The van der Waals surface area contributed by atoms with Crippen LogP contribution in [0.5, 0.6) is 0 Å². The fourth-order valence-electron chi connectivity index (χ4n) is 3.20. The number of carbonyl (C=O) groups excluding carboxylic acids is 1. The Hall–Kier alpha value is -2.37. The lowest BCUT2D eigenvalue weighted by molar-refractivity contribution is 0.100. The Labute approximate surface area is 130 Å². The summed E-state index contributed by atoms with van der Waals surface area (Å²) in [6.45, 7) is 3.90. The highest BCUT2D eigenvalue weighted by molar-refractivity contribution is 5.98. The molecule has 1 aliphatic rings. The summed E-state index contributed by atoms with van der Waals surface area (Å²) in [6, 6.07) is 2.25. The molecular weight excluding hydrogens is 278 g/mol. The van der Waals surface area contributed by atoms with E-state index in [1.807, 2.05) is 12.3 Å². The predicted molar refractivity (Wildman–Crippen MR) is 84.8 cm³/mol. The molecule has 0 aromatic carbocycles. The molecule has 2 aromatic rings. The van der Waals surface area contributed by atoms with Gasteiger partial charge in [0.05, 0.1) is 17.3 Å². The fourth-order valence-corrected chi connectivity index (χ4v) is 3.20. The third kappa shape index (κ3) is 2.68. The van der Waals surface area contributed by atoms with E-state index < -0.39 is 5.91 Å². The molecule has 0 aliphatic carbocycles. The minimum absolute atomic E-state index is 0.375. The average Bonchev–Trinajstić information content (AvgIpc) is 3.03. The second-order valence-corrected chi connectivity index (χ2v) is 5.60. The predicted octanol–water partition coefficient (Wildman–Crippen LogP) is 1.78. The molecule has 1 unspecified atom stereocenters. The second-order valence-electron chi connectivity index (χ2n) is 5.60. The number of nitrogens with zero attached hydrogens (tertiary/aromatic N) is 4. The highest BCUT2D eigenvalue weighted by Gasteiger charge is 2.25. The zero-order valence-corrected chi connectivity index (χ0v) is 12.8. The number of aromatic nitrogens is 3. The SMILES string of the molecule is CCc1nccn1C1CCCN(c2ccncc2C(N)=O)C1. The third-order valence-corrected chi connectivity index (χ3v) is 4.26. The summed E-state index contributed by atoms with van der Waals surface area (Å²) in [7, 11) is 0. The number of piperidine rings is 1. The van der Waals surface area contributed by atoms with Crippen molar-refractivity contribution in [2.75, 3.05) is 18.0 Å². The van der Waals surface area contributed by atoms with Crippen molar-refractivity contribution in [2.45, 2.75) is 32.2 Å². The van der Waals surface area contributed by atoms with Crippen LogP contribution in [0.1, 0.15) is 42.0 Å². The van der Waals surface area contributed by atoms with Gasteiger partial charge in [-0.1, -0.05) is 6.92 Å². The molecule has 0 bridgehead atoms. The van der Waals surface area contributed by atoms with E-state index in [0.717, 1.165) is 43.9 Å². The van der Waals surface area contributed by atoms with Gasteiger partial charge in [-0.2, -0.15) is 0 Å². The van der Waals surface area contributed by atoms with Gasteiger partial charge < -0.3 is 15.2 Å². The van der Waals surface area contributed by atoms with Crippen LogP contribution in [-0.4, -0.2) is 33.5 Å². The maximum atomic E-state index is 11.6. The van der Waals surface area contributed by atoms with E-state index in [1.54, 1.807) is 12.4 Å². The van der Waals surface area contributed by atoms with Crippen LogP contribution in [0.25, 0.3) is 0 Å². The van der Waals surface area contributed by atoms with E-state index in [1.165, 1.54) is 0 Å². The number of nitrogens with two attached hydrogens (primary N) is 1. The molecule has 6 heteroatoms. The van der Waals surface area contributed by atoms with Gasteiger partial charge in [0.15, 0.2) is 0 Å². The van der Waals surface area contributed by atoms with Gasteiger partial charge in [-0.25, -0.2) is 4.98 Å². The molecule has 0 spiro atoms. The van der Waals surface area contributed by atoms with Crippen molar-refractivity contribution in [3.8, 4) is 0 Å². The Morgan fingerprint density at radius 2 is 2.32 bits per heavy atom. The first-order valence-electron chi connectivity index (χ1n) is 7.71. The number of hydrogen-bond donors (Lipinski definition) is 1. The normalized spacial score (nSPS) is 18.4. The number of carbonyl (C=O) groups is 1. The van der Waals surface area contributed by atoms with Gasteiger partial charge in [-0.3, -0.25) is 9.78 Å². The minimum atomic E-state index is -0.429. The van der Waals surface area contributed by atoms with Gasteiger partial charge in [0.25, 0.3) is 5.91 Å². The molecule has 1 fully saturated rings. The first-order valence-corrected chi connectivity index (χ1v) is 7.71. The monoisotopic (exact) mass is 299 g/mol. The van der Waals surface area contributed by atoms with E-state index >= 15 is 0 Å². The Balaban J connectivity index is 1.86. The van der Waals surface area contributed by atoms with E-state index in [0.29, 0.717) is 11.6 Å². The molecule has 6 nitrogen and oxygen atoms in total. The van der Waals surface area contributed by atoms with Crippen LogP contribution in [0.3, 0.4) is 0 Å². The van der Waals surface area contributed by atoms with Crippen LogP contribution in [0.4, 0.5) is 5.69 Å². The molecule has 0 radical (unpaired) electrons. The molecule has 22 heavy (non-hydrogen) atoms. The molecule has 0 saturated carbocycles. The van der Waals surface area contributed by atoms with Crippen molar-refractivity contribution in [3.05, 3.63) is 42.2 Å². The molecule has 1 aliphatic heterocycles. The molecule has 3 rings (SSSR count). The molecule has 116 valence electrons. The summed E-state index contributed by atoms with van der Waals surface area (Å²) in [6.07, 6.45) is 10.3. The van der Waals surface area contributed by atoms with Crippen molar-refractivity contribution in [2.24, 2.45) is 5.73 Å². The fraction of sp³-hybridized carbons (Fsp3) is 0.438. The summed E-state index contributed by atoms with van der Waals surface area (Å²) in [5, 5.41) is 0. The van der Waals surface area contributed by atoms with Gasteiger partial charge in [-0.05, 0) is 18.9 Å². The third-order valence-electron chi connectivity index (χ3n) is 4.26. The van der Waals surface area contributed by atoms with Crippen molar-refractivity contribution in [1.82, 2.24) is 14.5 Å². The second kappa shape index (κ2) is 6.17. The molecule has 1 atom stereocenters. The van der Waals surface area contributed by atoms with Crippen molar-refractivity contribution >= 4 is 11.6 Å². The van der Waals surface area contributed by atoms with Gasteiger partial charge in [0.2, 0.25) is 0 Å². The van der Waals surface area contributed by atoms with Crippen LogP contribution in [-0.2, 0) is 6.42 Å². The summed E-state index contributed by atoms with van der Waals surface area (Å²) >= 11 is 0. The van der Waals surface area contributed by atoms with E-state index in [2.05, 4.69) is 32.6 Å². The summed E-state index contributed by atoms with van der Waals surface area (Å²) in [5.41, 5.74) is 6.85. The van der Waals surface area contributed by atoms with Gasteiger partial charge in [-0.15, -0.1) is 0 Å². The van der Waals surface area contributed by atoms with Crippen LogP contribution in [0, 0.1) is 0 Å². The van der Waals surface area contributed by atoms with E-state index in [9.17, 15) is 4.79 Å². The lowest BCUT2D eigenvalue weighted by Crippen LogP contribution is -2.38. The van der Waals surface area contributed by atoms with Crippen LogP contribution in [0.15, 0.2) is 30.9 Å². The van der Waals surface area contributed by atoms with Crippen molar-refractivity contribution in [1.29, 1.82) is 0 Å². The van der Waals surface area contributed by atoms with Gasteiger partial charge >= 0.3 is 0 Å². The number of imidazole rings is 1. The lowest BCUT2D eigenvalue weighted by atomic mass is 10.0. The standard InChI is InChI=1S/C16H21N5O/c1-2-15-19-7-9-21(15)12-4-3-8-20(11-12)14-5-6-18-10-13(14)16(17)22/h5-7,9-10,12H,2-4,8,11H2,1H3,(H2,17,22). The highest BCUT2D eigenvalue weighted by atomic mass is 16.1. The summed E-state index contributed by atoms with van der Waals surface area (Å²) < 4.78 is 2.26. The Morgan fingerprint density at radius 1 is 1.45 bits per heavy atom. The van der Waals surface area contributed by atoms with E-state index in [4.69, 9.17) is 5.73 Å². The maximum Gasteiger partial charge on any atom is 0.252 e. The first kappa shape index (κ1) is 14.6. The Morgan fingerprint density at radius 3 is 3.09 bits per heavy atom. The Bertz CT molecular complexity index is 666. The number of hydrogen-bond acceptors (Lipinski definition) is 4. The molecule has 2 N–H and O–H groups in total. The molecule has 1 amide bonds. The number of primary amides is 1. The molecule has 1 saturated heterocycles. The smallest absolute Gasteiger partial charge is 0.252 e. The summed E-state index contributed by atoms with van der Waals surface area (Å²) in [5.74, 6) is 0.679. The van der Waals surface area contributed by atoms with E-state index in [-0.39, 0.29) is 0 Å². The molecule has 2 aromatic heterocycles. The molecular formula is C16H21N5O. The van der Waals surface area contributed by atoms with Gasteiger partial charge in [0.1, 0.15) is 5.82 Å². The quantitative estimate of drug-likeness (QED) is 0.933. The lowest BCUT2D eigenvalue weighted by Gasteiger charge is -2.36. The maximum absolute atomic E-state index is 11.6. The average molecular weight is 299 g/mol. The van der Waals surface area contributed by atoms with Crippen LogP contribution < -0.4 is 10.6 Å². The largest absolute Gasteiger partial charge is 0.369 e. The zero-order chi connectivity index (χ0) is 15.5. The van der Waals surface area contributed by atoms with Gasteiger partial charge in [0, 0.05) is 44.3 Å². The number of amides is 1. The highest BCUT2D eigenvalue weighted by Crippen LogP contribution is 2.28. The number of pyridine rings is 1. The summed E-state index contributed by atoms with van der Waals surface area (Å²) in [4.78, 5) is 22.3. The zero-order valence-electron chi connectivity index (χ0n) is 12.8. The minimum Gasteiger partial charge on any atom is -0.369 e. The topological polar surface area (TPSA) is 77.0 Å². The van der Waals surface area contributed by atoms with Crippen LogP contribution >= 0.6 is 0 Å². The number of anilines is 1. The van der Waals surface area contributed by atoms with Crippen molar-refractivity contribution in [3.63, 3.8) is 0 Å². The number of aryl methyl sites for hydroxylation is 1. The Kier molecular flexibility index (Phi) is 4.09. The van der Waals surface area contributed by atoms with Crippen LogP contribution in [0.2, 0.25) is 0 Å².